The van der Waals surface area contributed by atoms with Crippen molar-refractivity contribution >= 4 is 11.6 Å². The zero-order valence-corrected chi connectivity index (χ0v) is 13.8. The van der Waals surface area contributed by atoms with Crippen molar-refractivity contribution in [1.82, 2.24) is 10.3 Å². The van der Waals surface area contributed by atoms with Crippen LogP contribution in [-0.4, -0.2) is 17.4 Å². The van der Waals surface area contributed by atoms with Gasteiger partial charge in [-0.25, -0.2) is 0 Å². The lowest BCUT2D eigenvalue weighted by molar-refractivity contribution is 0.0950. The van der Waals surface area contributed by atoms with E-state index < -0.39 is 0 Å². The van der Waals surface area contributed by atoms with Crippen LogP contribution >= 0.6 is 0 Å². The van der Waals surface area contributed by atoms with Crippen molar-refractivity contribution in [2.45, 2.75) is 13.0 Å². The molecule has 2 N–H and O–H groups in total. The van der Waals surface area contributed by atoms with E-state index in [4.69, 9.17) is 0 Å². The second kappa shape index (κ2) is 6.77. The van der Waals surface area contributed by atoms with Crippen molar-refractivity contribution in [3.05, 3.63) is 83.7 Å². The van der Waals surface area contributed by atoms with Gasteiger partial charge < -0.3 is 10.6 Å². The van der Waals surface area contributed by atoms with Gasteiger partial charge in [0, 0.05) is 24.0 Å². The molecule has 0 bridgehead atoms. The number of fused-ring (bicyclic) bond motifs is 1. The summed E-state index contributed by atoms with van der Waals surface area (Å²) in [5, 5.41) is 6.27. The maximum atomic E-state index is 12.3. The lowest BCUT2D eigenvalue weighted by Gasteiger charge is -2.08. The van der Waals surface area contributed by atoms with Crippen LogP contribution in [0.15, 0.2) is 66.9 Å². The van der Waals surface area contributed by atoms with E-state index in [1.54, 1.807) is 6.20 Å². The first-order valence-electron chi connectivity index (χ1n) is 8.45. The highest BCUT2D eigenvalue weighted by atomic mass is 16.1. The summed E-state index contributed by atoms with van der Waals surface area (Å²) in [7, 11) is 0. The Labute approximate surface area is 146 Å². The second-order valence-electron chi connectivity index (χ2n) is 6.13. The van der Waals surface area contributed by atoms with Crippen molar-refractivity contribution in [3.8, 4) is 11.1 Å². The van der Waals surface area contributed by atoms with E-state index in [0.717, 1.165) is 24.2 Å². The molecule has 4 heteroatoms. The number of amides is 1. The minimum atomic E-state index is -0.0876. The number of hydrogen-bond donors (Lipinski definition) is 2. The number of benzene rings is 2. The summed E-state index contributed by atoms with van der Waals surface area (Å²) in [6, 6.07) is 19.9. The maximum absolute atomic E-state index is 12.3. The molecule has 1 aliphatic rings. The van der Waals surface area contributed by atoms with E-state index in [1.807, 2.05) is 42.5 Å². The Morgan fingerprint density at radius 1 is 1.04 bits per heavy atom. The molecule has 0 spiro atoms. The van der Waals surface area contributed by atoms with Gasteiger partial charge in [-0.1, -0.05) is 24.3 Å². The number of carbonyl (C=O) groups is 1. The average molecular weight is 329 g/mol. The Morgan fingerprint density at radius 2 is 1.88 bits per heavy atom. The number of nitrogens with one attached hydrogen (secondary N) is 2. The van der Waals surface area contributed by atoms with Crippen LogP contribution in [-0.2, 0) is 13.0 Å². The van der Waals surface area contributed by atoms with Gasteiger partial charge in [-0.2, -0.15) is 0 Å². The fourth-order valence-corrected chi connectivity index (χ4v) is 3.07. The molecular formula is C21H19N3O. The molecule has 4 rings (SSSR count). The second-order valence-corrected chi connectivity index (χ2v) is 6.13. The van der Waals surface area contributed by atoms with Gasteiger partial charge in [-0.05, 0) is 59.5 Å². The number of rotatable bonds is 4. The molecule has 0 radical (unpaired) electrons. The molecule has 0 saturated heterocycles. The van der Waals surface area contributed by atoms with Gasteiger partial charge in [0.05, 0.1) is 12.2 Å². The topological polar surface area (TPSA) is 54.0 Å². The lowest BCUT2D eigenvalue weighted by atomic mass is 10.0. The van der Waals surface area contributed by atoms with E-state index in [0.29, 0.717) is 12.1 Å². The van der Waals surface area contributed by atoms with Crippen LogP contribution in [0.25, 0.3) is 11.1 Å². The number of carbonyl (C=O) groups excluding carboxylic acids is 1. The molecule has 1 aromatic heterocycles. The van der Waals surface area contributed by atoms with Crippen LogP contribution in [0.2, 0.25) is 0 Å². The first-order chi connectivity index (χ1) is 12.3. The quantitative estimate of drug-likeness (QED) is 0.768. The highest BCUT2D eigenvalue weighted by Crippen LogP contribution is 2.28. The average Bonchev–Trinajstić information content (AvgIpc) is 3.15. The molecule has 2 heterocycles. The molecule has 25 heavy (non-hydrogen) atoms. The van der Waals surface area contributed by atoms with E-state index in [1.165, 1.54) is 16.8 Å². The summed E-state index contributed by atoms with van der Waals surface area (Å²) in [6.45, 7) is 1.44. The Hall–Kier alpha value is -3.14. The normalized spacial score (nSPS) is 12.3. The lowest BCUT2D eigenvalue weighted by Crippen LogP contribution is -2.23. The fourth-order valence-electron chi connectivity index (χ4n) is 3.07. The Morgan fingerprint density at radius 3 is 2.68 bits per heavy atom. The van der Waals surface area contributed by atoms with Crippen molar-refractivity contribution in [2.75, 3.05) is 11.9 Å². The van der Waals surface area contributed by atoms with E-state index in [2.05, 4.69) is 33.8 Å². The number of hydrogen-bond acceptors (Lipinski definition) is 3. The van der Waals surface area contributed by atoms with Crippen LogP contribution in [0.5, 0.6) is 0 Å². The minimum absolute atomic E-state index is 0.0876. The molecule has 0 unspecified atom stereocenters. The first kappa shape index (κ1) is 15.4. The van der Waals surface area contributed by atoms with Crippen molar-refractivity contribution in [3.63, 3.8) is 0 Å². The predicted octanol–water partition coefficient (Wildman–Crippen LogP) is 3.65. The van der Waals surface area contributed by atoms with Gasteiger partial charge in [0.2, 0.25) is 0 Å². The molecule has 0 fully saturated rings. The highest BCUT2D eigenvalue weighted by molar-refractivity contribution is 5.94. The predicted molar refractivity (Wildman–Crippen MR) is 99.5 cm³/mol. The third kappa shape index (κ3) is 3.38. The largest absolute Gasteiger partial charge is 0.384 e. The number of aromatic nitrogens is 1. The van der Waals surface area contributed by atoms with E-state index >= 15 is 0 Å². The van der Waals surface area contributed by atoms with Crippen LogP contribution in [0.1, 0.15) is 21.6 Å². The van der Waals surface area contributed by atoms with Gasteiger partial charge in [0.25, 0.3) is 5.91 Å². The molecule has 0 aliphatic carbocycles. The van der Waals surface area contributed by atoms with Gasteiger partial charge in [-0.3, -0.25) is 9.78 Å². The maximum Gasteiger partial charge on any atom is 0.251 e. The third-order valence-corrected chi connectivity index (χ3v) is 4.45. The smallest absolute Gasteiger partial charge is 0.251 e. The summed E-state index contributed by atoms with van der Waals surface area (Å²) in [6.07, 6.45) is 2.79. The summed E-state index contributed by atoms with van der Waals surface area (Å²) >= 11 is 0. The summed E-state index contributed by atoms with van der Waals surface area (Å²) in [4.78, 5) is 16.5. The molecule has 124 valence electrons. The number of nitrogens with zero attached hydrogens (tertiary/aromatic N) is 1. The molecule has 2 aromatic carbocycles. The zero-order valence-electron chi connectivity index (χ0n) is 13.8. The molecule has 3 aromatic rings. The van der Waals surface area contributed by atoms with Crippen LogP contribution in [0.3, 0.4) is 0 Å². The van der Waals surface area contributed by atoms with Crippen molar-refractivity contribution in [2.24, 2.45) is 0 Å². The SMILES string of the molecule is O=C(NCc1ccccn1)c1ccc(-c2ccc3c(c2)CCN3)cc1. The Balaban J connectivity index is 1.45. The molecule has 1 amide bonds. The van der Waals surface area contributed by atoms with Crippen LogP contribution in [0.4, 0.5) is 5.69 Å². The third-order valence-electron chi connectivity index (χ3n) is 4.45. The van der Waals surface area contributed by atoms with Crippen molar-refractivity contribution in [1.29, 1.82) is 0 Å². The number of anilines is 1. The standard InChI is InChI=1S/C21H19N3O/c25-21(24-14-19-3-1-2-11-22-19)16-6-4-15(5-7-16)17-8-9-20-18(13-17)10-12-23-20/h1-9,11,13,23H,10,12,14H2,(H,24,25). The molecular weight excluding hydrogens is 310 g/mol. The summed E-state index contributed by atoms with van der Waals surface area (Å²) in [5.74, 6) is -0.0876. The first-order valence-corrected chi connectivity index (χ1v) is 8.45. The highest BCUT2D eigenvalue weighted by Gasteiger charge is 2.11. The fraction of sp³-hybridized carbons (Fsp3) is 0.143. The van der Waals surface area contributed by atoms with Crippen LogP contribution < -0.4 is 10.6 Å². The minimum Gasteiger partial charge on any atom is -0.384 e. The van der Waals surface area contributed by atoms with Crippen LogP contribution in [0, 0.1) is 0 Å². The molecule has 1 aliphatic heterocycles. The molecule has 4 nitrogen and oxygen atoms in total. The van der Waals surface area contributed by atoms with Gasteiger partial charge in [-0.15, -0.1) is 0 Å². The van der Waals surface area contributed by atoms with Gasteiger partial charge >= 0.3 is 0 Å². The van der Waals surface area contributed by atoms with Gasteiger partial charge in [0.15, 0.2) is 0 Å². The summed E-state index contributed by atoms with van der Waals surface area (Å²) < 4.78 is 0. The number of pyridine rings is 1. The van der Waals surface area contributed by atoms with E-state index in [9.17, 15) is 4.79 Å². The molecule has 0 saturated carbocycles. The Kier molecular flexibility index (Phi) is 4.17. The zero-order chi connectivity index (χ0) is 17.1. The summed E-state index contributed by atoms with van der Waals surface area (Å²) in [5.41, 5.74) is 6.39. The Bertz CT molecular complexity index is 889. The van der Waals surface area contributed by atoms with Gasteiger partial charge in [0.1, 0.15) is 0 Å². The van der Waals surface area contributed by atoms with E-state index in [-0.39, 0.29) is 5.91 Å². The molecule has 0 atom stereocenters. The van der Waals surface area contributed by atoms with Crippen molar-refractivity contribution < 1.29 is 4.79 Å². The monoisotopic (exact) mass is 329 g/mol.